The van der Waals surface area contributed by atoms with Crippen molar-refractivity contribution >= 4 is 5.69 Å². The zero-order valence-corrected chi connectivity index (χ0v) is 8.79. The van der Waals surface area contributed by atoms with Crippen molar-refractivity contribution in [2.24, 2.45) is 5.92 Å². The lowest BCUT2D eigenvalue weighted by atomic mass is 10.00. The summed E-state index contributed by atoms with van der Waals surface area (Å²) in [5.41, 5.74) is 7.65. The van der Waals surface area contributed by atoms with Gasteiger partial charge in [0.25, 0.3) is 0 Å². The summed E-state index contributed by atoms with van der Waals surface area (Å²) in [5, 5.41) is 0. The van der Waals surface area contributed by atoms with Gasteiger partial charge in [0, 0.05) is 11.6 Å². The van der Waals surface area contributed by atoms with Crippen LogP contribution in [0, 0.1) is 5.92 Å². The molecule has 0 aromatic heterocycles. The van der Waals surface area contributed by atoms with E-state index in [4.69, 9.17) is 10.5 Å². The summed E-state index contributed by atoms with van der Waals surface area (Å²) in [4.78, 5) is 0. The smallest absolute Gasteiger partial charge is 0.0915 e. The summed E-state index contributed by atoms with van der Waals surface area (Å²) in [7, 11) is 1.65. The molecular weight excluding hydrogens is 174 g/mol. The highest BCUT2D eigenvalue weighted by Crippen LogP contribution is 2.16. The predicted octanol–water partition coefficient (Wildman–Crippen LogP) is 2.61. The van der Waals surface area contributed by atoms with Crippen LogP contribution in [-0.2, 0) is 11.2 Å². The molecule has 2 N–H and O–H groups in total. The molecule has 76 valence electrons. The van der Waals surface area contributed by atoms with Gasteiger partial charge in [-0.2, -0.15) is 0 Å². The number of benzene rings is 1. The Labute approximate surface area is 85.4 Å². The van der Waals surface area contributed by atoms with Gasteiger partial charge in [-0.1, -0.05) is 25.6 Å². The molecule has 0 fully saturated rings. The summed E-state index contributed by atoms with van der Waals surface area (Å²) >= 11 is 0. The van der Waals surface area contributed by atoms with Crippen LogP contribution in [0.4, 0.5) is 5.69 Å². The minimum Gasteiger partial charge on any atom is -0.501 e. The Morgan fingerprint density at radius 3 is 2.50 bits per heavy atom. The van der Waals surface area contributed by atoms with Crippen LogP contribution in [0.25, 0.3) is 0 Å². The number of hydrogen-bond donors (Lipinski definition) is 1. The summed E-state index contributed by atoms with van der Waals surface area (Å²) in [5.74, 6) is 1.16. The van der Waals surface area contributed by atoms with Gasteiger partial charge in [0.2, 0.25) is 0 Å². The van der Waals surface area contributed by atoms with Crippen LogP contribution in [0.1, 0.15) is 12.5 Å². The van der Waals surface area contributed by atoms with Gasteiger partial charge in [0.1, 0.15) is 0 Å². The van der Waals surface area contributed by atoms with E-state index in [2.05, 4.69) is 13.5 Å². The SMILES string of the molecule is C=C(OC)[C@@H](C)Cc1ccc(N)cc1. The van der Waals surface area contributed by atoms with Crippen LogP contribution < -0.4 is 5.73 Å². The van der Waals surface area contributed by atoms with Gasteiger partial charge >= 0.3 is 0 Å². The molecule has 0 amide bonds. The van der Waals surface area contributed by atoms with Crippen molar-refractivity contribution in [3.63, 3.8) is 0 Å². The second kappa shape index (κ2) is 4.70. The molecule has 1 aromatic carbocycles. The molecule has 14 heavy (non-hydrogen) atoms. The van der Waals surface area contributed by atoms with Crippen LogP contribution in [0.2, 0.25) is 0 Å². The number of methoxy groups -OCH3 is 1. The fourth-order valence-corrected chi connectivity index (χ4v) is 1.32. The number of hydrogen-bond acceptors (Lipinski definition) is 2. The van der Waals surface area contributed by atoms with Crippen LogP contribution in [0.5, 0.6) is 0 Å². The van der Waals surface area contributed by atoms with Crippen molar-refractivity contribution in [3.8, 4) is 0 Å². The maximum atomic E-state index is 5.60. The Hall–Kier alpha value is -1.44. The third-order valence-electron chi connectivity index (χ3n) is 2.33. The van der Waals surface area contributed by atoms with E-state index in [1.807, 2.05) is 24.3 Å². The molecule has 0 saturated carbocycles. The van der Waals surface area contributed by atoms with Crippen LogP contribution in [0.3, 0.4) is 0 Å². The monoisotopic (exact) mass is 191 g/mol. The molecule has 0 spiro atoms. The first-order valence-electron chi connectivity index (χ1n) is 4.70. The van der Waals surface area contributed by atoms with Crippen molar-refractivity contribution in [2.45, 2.75) is 13.3 Å². The van der Waals surface area contributed by atoms with Crippen LogP contribution in [0.15, 0.2) is 36.6 Å². The fourth-order valence-electron chi connectivity index (χ4n) is 1.32. The number of rotatable bonds is 4. The average molecular weight is 191 g/mol. The molecule has 0 aliphatic heterocycles. The zero-order valence-electron chi connectivity index (χ0n) is 8.79. The Balaban J connectivity index is 2.60. The third-order valence-corrected chi connectivity index (χ3v) is 2.33. The second-order valence-electron chi connectivity index (χ2n) is 3.52. The van der Waals surface area contributed by atoms with Gasteiger partial charge < -0.3 is 10.5 Å². The number of anilines is 1. The molecule has 0 aliphatic rings. The molecule has 0 saturated heterocycles. The summed E-state index contributed by atoms with van der Waals surface area (Å²) in [6, 6.07) is 7.90. The largest absolute Gasteiger partial charge is 0.501 e. The van der Waals surface area contributed by atoms with Gasteiger partial charge in [-0.05, 0) is 24.1 Å². The highest BCUT2D eigenvalue weighted by Gasteiger charge is 2.07. The van der Waals surface area contributed by atoms with Gasteiger partial charge in [-0.3, -0.25) is 0 Å². The molecule has 2 heteroatoms. The number of ether oxygens (including phenoxy) is 1. The minimum absolute atomic E-state index is 0.337. The lowest BCUT2D eigenvalue weighted by molar-refractivity contribution is 0.249. The third kappa shape index (κ3) is 2.80. The lowest BCUT2D eigenvalue weighted by Gasteiger charge is -2.13. The molecular formula is C12H17NO. The van der Waals surface area contributed by atoms with E-state index >= 15 is 0 Å². The summed E-state index contributed by atoms with van der Waals surface area (Å²) < 4.78 is 5.09. The van der Waals surface area contributed by atoms with Crippen molar-refractivity contribution in [1.82, 2.24) is 0 Å². The summed E-state index contributed by atoms with van der Waals surface area (Å²) in [6.07, 6.45) is 0.937. The molecule has 1 rings (SSSR count). The maximum Gasteiger partial charge on any atom is 0.0915 e. The maximum absolute atomic E-state index is 5.60. The van der Waals surface area contributed by atoms with E-state index in [9.17, 15) is 0 Å². The Bertz CT molecular complexity index is 303. The second-order valence-corrected chi connectivity index (χ2v) is 3.52. The van der Waals surface area contributed by atoms with Gasteiger partial charge in [0.05, 0.1) is 12.9 Å². The Morgan fingerprint density at radius 2 is 2.00 bits per heavy atom. The highest BCUT2D eigenvalue weighted by molar-refractivity contribution is 5.39. The normalized spacial score (nSPS) is 12.1. The first-order valence-corrected chi connectivity index (χ1v) is 4.70. The van der Waals surface area contributed by atoms with Crippen molar-refractivity contribution < 1.29 is 4.74 Å². The molecule has 0 radical (unpaired) electrons. The standard InChI is InChI=1S/C12H17NO/c1-9(10(2)14-3)8-11-4-6-12(13)7-5-11/h4-7,9H,2,8,13H2,1,3H3/t9-/m0/s1. The molecule has 0 heterocycles. The van der Waals surface area contributed by atoms with Crippen LogP contribution in [-0.4, -0.2) is 7.11 Å². The number of nitrogens with two attached hydrogens (primary N) is 1. The quantitative estimate of drug-likeness (QED) is 0.586. The first-order chi connectivity index (χ1) is 6.63. The highest BCUT2D eigenvalue weighted by atomic mass is 16.5. The van der Waals surface area contributed by atoms with Gasteiger partial charge in [-0.25, -0.2) is 0 Å². The van der Waals surface area contributed by atoms with Gasteiger partial charge in [0.15, 0.2) is 0 Å². The zero-order chi connectivity index (χ0) is 10.6. The van der Waals surface area contributed by atoms with Gasteiger partial charge in [-0.15, -0.1) is 0 Å². The van der Waals surface area contributed by atoms with E-state index < -0.39 is 0 Å². The topological polar surface area (TPSA) is 35.2 Å². The number of nitrogen functional groups attached to an aromatic ring is 1. The predicted molar refractivity (Wildman–Crippen MR) is 59.9 cm³/mol. The van der Waals surface area contributed by atoms with E-state index in [0.29, 0.717) is 5.92 Å². The first kappa shape index (κ1) is 10.6. The minimum atomic E-state index is 0.337. The van der Waals surface area contributed by atoms with Crippen molar-refractivity contribution in [3.05, 3.63) is 42.2 Å². The van der Waals surface area contributed by atoms with E-state index in [1.165, 1.54) is 5.56 Å². The van der Waals surface area contributed by atoms with Crippen LogP contribution >= 0.6 is 0 Å². The molecule has 1 atom stereocenters. The number of allylic oxidation sites excluding steroid dienone is 1. The molecule has 1 aromatic rings. The fraction of sp³-hybridized carbons (Fsp3) is 0.333. The summed E-state index contributed by atoms with van der Waals surface area (Å²) in [6.45, 7) is 5.94. The lowest BCUT2D eigenvalue weighted by Crippen LogP contribution is -2.04. The molecule has 0 aliphatic carbocycles. The van der Waals surface area contributed by atoms with E-state index in [1.54, 1.807) is 7.11 Å². The Kier molecular flexibility index (Phi) is 3.57. The molecule has 0 bridgehead atoms. The molecule has 2 nitrogen and oxygen atoms in total. The van der Waals surface area contributed by atoms with Crippen molar-refractivity contribution in [1.29, 1.82) is 0 Å². The Morgan fingerprint density at radius 1 is 1.43 bits per heavy atom. The average Bonchev–Trinajstić information content (AvgIpc) is 2.20. The van der Waals surface area contributed by atoms with Crippen molar-refractivity contribution in [2.75, 3.05) is 12.8 Å². The molecule has 0 unspecified atom stereocenters. The van der Waals surface area contributed by atoms with E-state index in [-0.39, 0.29) is 0 Å². The van der Waals surface area contributed by atoms with E-state index in [0.717, 1.165) is 17.9 Å².